The number of aryl methyl sites for hydroxylation is 1. The first-order valence-electron chi connectivity index (χ1n) is 5.03. The Kier molecular flexibility index (Phi) is 4.31. The number of hydrogen-bond acceptors (Lipinski definition) is 0. The van der Waals surface area contributed by atoms with Crippen molar-refractivity contribution in [1.29, 1.82) is 0 Å². The van der Waals surface area contributed by atoms with Gasteiger partial charge in [-0.3, -0.25) is 0 Å². The summed E-state index contributed by atoms with van der Waals surface area (Å²) < 4.78 is 0. The topological polar surface area (TPSA) is 0 Å². The predicted molar refractivity (Wildman–Crippen MR) is 58.9 cm³/mol. The number of allylic oxidation sites excluding steroid dienone is 2. The Morgan fingerprint density at radius 3 is 2.77 bits per heavy atom. The van der Waals surface area contributed by atoms with Gasteiger partial charge in [0.1, 0.15) is 0 Å². The fourth-order valence-corrected chi connectivity index (χ4v) is 1.34. The van der Waals surface area contributed by atoms with Crippen molar-refractivity contribution in [1.82, 2.24) is 0 Å². The van der Waals surface area contributed by atoms with Crippen LogP contribution in [0.5, 0.6) is 0 Å². The normalized spacial score (nSPS) is 10.9. The van der Waals surface area contributed by atoms with Crippen molar-refractivity contribution >= 4 is 0 Å². The third-order valence-electron chi connectivity index (χ3n) is 2.06. The van der Waals surface area contributed by atoms with Crippen LogP contribution in [0.25, 0.3) is 0 Å². The van der Waals surface area contributed by atoms with Crippen LogP contribution in [0.2, 0.25) is 0 Å². The van der Waals surface area contributed by atoms with Crippen LogP contribution in [0.3, 0.4) is 0 Å². The summed E-state index contributed by atoms with van der Waals surface area (Å²) in [4.78, 5) is 0. The molecule has 0 fully saturated rings. The number of benzene rings is 1. The fourth-order valence-electron chi connectivity index (χ4n) is 1.34. The first-order valence-corrected chi connectivity index (χ1v) is 5.03. The molecule has 0 saturated heterocycles. The first-order chi connectivity index (χ1) is 6.33. The van der Waals surface area contributed by atoms with E-state index in [-0.39, 0.29) is 0 Å². The van der Waals surface area contributed by atoms with Gasteiger partial charge in [0.2, 0.25) is 0 Å². The lowest BCUT2D eigenvalue weighted by Gasteiger charge is -1.97. The van der Waals surface area contributed by atoms with Crippen LogP contribution in [0.1, 0.15) is 30.9 Å². The molecule has 1 rings (SSSR count). The second-order valence-electron chi connectivity index (χ2n) is 3.45. The Balaban J connectivity index is 2.45. The van der Waals surface area contributed by atoms with Crippen molar-refractivity contribution in [2.24, 2.45) is 0 Å². The maximum absolute atomic E-state index is 2.27. The maximum atomic E-state index is 2.27. The van der Waals surface area contributed by atoms with Crippen LogP contribution in [0.15, 0.2) is 36.4 Å². The molecule has 0 aliphatic carbocycles. The standard InChI is InChI=1S/C13H18/c1-3-4-5-6-9-13-10-7-8-12(2)11-13/h5-8,10-11H,3-4,9H2,1-2H3. The van der Waals surface area contributed by atoms with Crippen molar-refractivity contribution in [3.05, 3.63) is 47.5 Å². The highest BCUT2D eigenvalue weighted by Crippen LogP contribution is 2.05. The lowest BCUT2D eigenvalue weighted by atomic mass is 10.1. The molecule has 1 aromatic carbocycles. The van der Waals surface area contributed by atoms with Gasteiger partial charge < -0.3 is 0 Å². The van der Waals surface area contributed by atoms with Crippen molar-refractivity contribution < 1.29 is 0 Å². The molecule has 0 radical (unpaired) electrons. The van der Waals surface area contributed by atoms with Crippen molar-refractivity contribution in [3.63, 3.8) is 0 Å². The molecule has 1 aromatic rings. The zero-order valence-corrected chi connectivity index (χ0v) is 8.59. The van der Waals surface area contributed by atoms with E-state index < -0.39 is 0 Å². The number of hydrogen-bond donors (Lipinski definition) is 0. The zero-order valence-electron chi connectivity index (χ0n) is 8.59. The van der Waals surface area contributed by atoms with Crippen LogP contribution < -0.4 is 0 Å². The van der Waals surface area contributed by atoms with Gasteiger partial charge in [0.05, 0.1) is 0 Å². The van der Waals surface area contributed by atoms with Gasteiger partial charge in [-0.25, -0.2) is 0 Å². The van der Waals surface area contributed by atoms with E-state index in [0.29, 0.717) is 0 Å². The van der Waals surface area contributed by atoms with Gasteiger partial charge in [0.15, 0.2) is 0 Å². The average Bonchev–Trinajstić information content (AvgIpc) is 2.13. The number of unbranched alkanes of at least 4 members (excludes halogenated alkanes) is 1. The maximum Gasteiger partial charge on any atom is -0.00974 e. The van der Waals surface area contributed by atoms with Gasteiger partial charge in [-0.2, -0.15) is 0 Å². The van der Waals surface area contributed by atoms with Crippen LogP contribution in [-0.4, -0.2) is 0 Å². The largest absolute Gasteiger partial charge is 0.0882 e. The molecule has 0 N–H and O–H groups in total. The summed E-state index contributed by atoms with van der Waals surface area (Å²) >= 11 is 0. The first kappa shape index (κ1) is 10.0. The van der Waals surface area contributed by atoms with E-state index in [1.165, 1.54) is 24.0 Å². The third kappa shape index (κ3) is 3.93. The summed E-state index contributed by atoms with van der Waals surface area (Å²) in [6.07, 6.45) is 8.04. The monoisotopic (exact) mass is 174 g/mol. The van der Waals surface area contributed by atoms with Crippen molar-refractivity contribution in [2.75, 3.05) is 0 Å². The smallest absolute Gasteiger partial charge is 0.00974 e. The van der Waals surface area contributed by atoms with Gasteiger partial charge in [-0.05, 0) is 25.3 Å². The lowest BCUT2D eigenvalue weighted by molar-refractivity contribution is 0.953. The molecule has 0 heterocycles. The van der Waals surface area contributed by atoms with Crippen LogP contribution in [0, 0.1) is 6.92 Å². The van der Waals surface area contributed by atoms with Gasteiger partial charge in [-0.1, -0.05) is 55.3 Å². The minimum Gasteiger partial charge on any atom is -0.0882 e. The summed E-state index contributed by atoms with van der Waals surface area (Å²) in [5, 5.41) is 0. The Morgan fingerprint density at radius 1 is 1.23 bits per heavy atom. The second kappa shape index (κ2) is 5.58. The highest BCUT2D eigenvalue weighted by Gasteiger charge is 1.88. The highest BCUT2D eigenvalue weighted by molar-refractivity contribution is 5.23. The minimum absolute atomic E-state index is 1.07. The Morgan fingerprint density at radius 2 is 2.08 bits per heavy atom. The molecule has 0 spiro atoms. The SMILES string of the molecule is CCCC=CCc1cccc(C)c1. The molecule has 0 saturated carbocycles. The van der Waals surface area contributed by atoms with E-state index in [1.807, 2.05) is 0 Å². The van der Waals surface area contributed by atoms with E-state index in [9.17, 15) is 0 Å². The molecule has 0 nitrogen and oxygen atoms in total. The van der Waals surface area contributed by atoms with E-state index in [4.69, 9.17) is 0 Å². The molecule has 70 valence electrons. The fraction of sp³-hybridized carbons (Fsp3) is 0.385. The molecule has 13 heavy (non-hydrogen) atoms. The lowest BCUT2D eigenvalue weighted by Crippen LogP contribution is -1.81. The highest BCUT2D eigenvalue weighted by atomic mass is 13.9. The molecule has 0 aromatic heterocycles. The van der Waals surface area contributed by atoms with E-state index >= 15 is 0 Å². The van der Waals surface area contributed by atoms with E-state index in [1.54, 1.807) is 0 Å². The summed E-state index contributed by atoms with van der Waals surface area (Å²) in [6.45, 7) is 4.34. The number of rotatable bonds is 4. The van der Waals surface area contributed by atoms with E-state index in [0.717, 1.165) is 6.42 Å². The summed E-state index contributed by atoms with van der Waals surface area (Å²) in [5.41, 5.74) is 2.76. The minimum atomic E-state index is 1.07. The van der Waals surface area contributed by atoms with Crippen LogP contribution in [0.4, 0.5) is 0 Å². The molecule has 0 heteroatoms. The third-order valence-corrected chi connectivity index (χ3v) is 2.06. The van der Waals surface area contributed by atoms with Crippen LogP contribution in [-0.2, 0) is 6.42 Å². The quantitative estimate of drug-likeness (QED) is 0.607. The Labute approximate surface area is 81.3 Å². The molecular formula is C13H18. The Hall–Kier alpha value is -1.04. The van der Waals surface area contributed by atoms with E-state index in [2.05, 4.69) is 50.3 Å². The molecule has 0 atom stereocenters. The molecule has 0 unspecified atom stereocenters. The summed E-state index contributed by atoms with van der Waals surface area (Å²) in [6, 6.07) is 8.69. The molecular weight excluding hydrogens is 156 g/mol. The zero-order chi connectivity index (χ0) is 9.52. The predicted octanol–water partition coefficient (Wildman–Crippen LogP) is 3.89. The molecule has 0 bridgehead atoms. The molecule has 0 aliphatic rings. The van der Waals surface area contributed by atoms with Crippen molar-refractivity contribution in [2.45, 2.75) is 33.1 Å². The average molecular weight is 174 g/mol. The molecule has 0 aliphatic heterocycles. The van der Waals surface area contributed by atoms with Gasteiger partial charge >= 0.3 is 0 Å². The Bertz CT molecular complexity index is 271. The van der Waals surface area contributed by atoms with Gasteiger partial charge in [-0.15, -0.1) is 0 Å². The van der Waals surface area contributed by atoms with Gasteiger partial charge in [0.25, 0.3) is 0 Å². The summed E-state index contributed by atoms with van der Waals surface area (Å²) in [5.74, 6) is 0. The molecule has 0 amide bonds. The van der Waals surface area contributed by atoms with Crippen LogP contribution >= 0.6 is 0 Å². The van der Waals surface area contributed by atoms with Gasteiger partial charge in [0, 0.05) is 0 Å². The second-order valence-corrected chi connectivity index (χ2v) is 3.45. The van der Waals surface area contributed by atoms with Crippen molar-refractivity contribution in [3.8, 4) is 0 Å². The summed E-state index contributed by atoms with van der Waals surface area (Å²) in [7, 11) is 0.